The summed E-state index contributed by atoms with van der Waals surface area (Å²) >= 11 is 0. The molecule has 1 aromatic rings. The molecule has 3 heteroatoms. The van der Waals surface area contributed by atoms with Crippen molar-refractivity contribution in [3.05, 3.63) is 23.8 Å². The Labute approximate surface area is 136 Å². The molecule has 0 saturated carbocycles. The molecule has 0 radical (unpaired) electrons. The topological polar surface area (TPSA) is 30.5 Å². The van der Waals surface area contributed by atoms with E-state index in [2.05, 4.69) is 31.3 Å². The van der Waals surface area contributed by atoms with Gasteiger partial charge in [0.15, 0.2) is 11.5 Å². The second-order valence-electron chi connectivity index (χ2n) is 5.65. The summed E-state index contributed by atoms with van der Waals surface area (Å²) in [6, 6.07) is 6.25. The Balaban J connectivity index is 2.38. The maximum atomic E-state index is 5.73. The first-order valence-electron chi connectivity index (χ1n) is 8.91. The highest BCUT2D eigenvalue weighted by Gasteiger charge is 2.06. The zero-order valence-electron chi connectivity index (χ0n) is 14.6. The first-order chi connectivity index (χ1) is 10.8. The normalized spacial score (nSPS) is 10.7. The van der Waals surface area contributed by atoms with E-state index >= 15 is 0 Å². The number of nitrogens with one attached hydrogen (secondary N) is 1. The van der Waals surface area contributed by atoms with Crippen molar-refractivity contribution >= 4 is 0 Å². The van der Waals surface area contributed by atoms with Gasteiger partial charge in [-0.15, -0.1) is 0 Å². The number of benzene rings is 1. The van der Waals surface area contributed by atoms with Crippen LogP contribution in [-0.2, 0) is 6.54 Å². The summed E-state index contributed by atoms with van der Waals surface area (Å²) in [6.45, 7) is 9.74. The predicted octanol–water partition coefficient (Wildman–Crippen LogP) is 4.93. The third-order valence-electron chi connectivity index (χ3n) is 3.56. The molecule has 1 aromatic carbocycles. The van der Waals surface area contributed by atoms with E-state index in [9.17, 15) is 0 Å². The maximum Gasteiger partial charge on any atom is 0.161 e. The first kappa shape index (κ1) is 18.8. The number of rotatable bonds is 13. The van der Waals surface area contributed by atoms with Crippen molar-refractivity contribution in [3.8, 4) is 11.5 Å². The highest BCUT2D eigenvalue weighted by atomic mass is 16.5. The first-order valence-corrected chi connectivity index (χ1v) is 8.91. The Hall–Kier alpha value is -1.22. The lowest BCUT2D eigenvalue weighted by atomic mass is 10.1. The standard InChI is InChI=1S/C19H33NO2/c1-4-7-8-9-10-13-20-16-17-11-12-18(22-14-5-2)19(15-17)21-6-3/h11-12,15,20H,4-10,13-14,16H2,1-3H3. The molecule has 1 N–H and O–H groups in total. The van der Waals surface area contributed by atoms with Crippen LogP contribution in [0, 0.1) is 0 Å². The summed E-state index contributed by atoms with van der Waals surface area (Å²) in [4.78, 5) is 0. The van der Waals surface area contributed by atoms with Crippen LogP contribution in [0.5, 0.6) is 11.5 Å². The molecule has 0 unspecified atom stereocenters. The minimum atomic E-state index is 0.663. The Morgan fingerprint density at radius 2 is 1.68 bits per heavy atom. The molecule has 0 saturated heterocycles. The highest BCUT2D eigenvalue weighted by molar-refractivity contribution is 5.43. The Morgan fingerprint density at radius 1 is 0.864 bits per heavy atom. The summed E-state index contributed by atoms with van der Waals surface area (Å²) < 4.78 is 11.4. The van der Waals surface area contributed by atoms with Crippen LogP contribution in [0.15, 0.2) is 18.2 Å². The van der Waals surface area contributed by atoms with Gasteiger partial charge in [-0.05, 0) is 44.0 Å². The van der Waals surface area contributed by atoms with Crippen LogP contribution in [0.25, 0.3) is 0 Å². The third-order valence-corrected chi connectivity index (χ3v) is 3.56. The van der Waals surface area contributed by atoms with Gasteiger partial charge in [-0.25, -0.2) is 0 Å². The molecule has 0 heterocycles. The van der Waals surface area contributed by atoms with Gasteiger partial charge in [0, 0.05) is 6.54 Å². The summed E-state index contributed by atoms with van der Waals surface area (Å²) in [6.07, 6.45) is 7.62. The van der Waals surface area contributed by atoms with Gasteiger partial charge >= 0.3 is 0 Å². The second-order valence-corrected chi connectivity index (χ2v) is 5.65. The number of ether oxygens (including phenoxy) is 2. The lowest BCUT2D eigenvalue weighted by Crippen LogP contribution is -2.14. The monoisotopic (exact) mass is 307 g/mol. The molecule has 0 spiro atoms. The largest absolute Gasteiger partial charge is 0.490 e. The minimum absolute atomic E-state index is 0.663. The third kappa shape index (κ3) is 7.69. The quantitative estimate of drug-likeness (QED) is 0.524. The minimum Gasteiger partial charge on any atom is -0.490 e. The Kier molecular flexibility index (Phi) is 10.6. The van der Waals surface area contributed by atoms with Gasteiger partial charge in [0.2, 0.25) is 0 Å². The van der Waals surface area contributed by atoms with Crippen LogP contribution < -0.4 is 14.8 Å². The average Bonchev–Trinajstić information content (AvgIpc) is 2.53. The fourth-order valence-electron chi connectivity index (χ4n) is 2.35. The van der Waals surface area contributed by atoms with E-state index in [0.717, 1.165) is 37.6 Å². The van der Waals surface area contributed by atoms with Crippen LogP contribution >= 0.6 is 0 Å². The molecule has 0 bridgehead atoms. The molecule has 0 amide bonds. The van der Waals surface area contributed by atoms with Gasteiger partial charge in [-0.1, -0.05) is 45.6 Å². The second kappa shape index (κ2) is 12.3. The molecule has 0 aliphatic heterocycles. The number of hydrogen-bond donors (Lipinski definition) is 1. The predicted molar refractivity (Wildman–Crippen MR) is 93.9 cm³/mol. The molecular weight excluding hydrogens is 274 g/mol. The zero-order chi connectivity index (χ0) is 16.0. The van der Waals surface area contributed by atoms with Gasteiger partial charge in [0.1, 0.15) is 0 Å². The van der Waals surface area contributed by atoms with E-state index in [4.69, 9.17) is 9.47 Å². The van der Waals surface area contributed by atoms with Crippen molar-refractivity contribution in [3.63, 3.8) is 0 Å². The lowest BCUT2D eigenvalue weighted by Gasteiger charge is -2.13. The van der Waals surface area contributed by atoms with Crippen LogP contribution in [0.3, 0.4) is 0 Å². The molecule has 1 rings (SSSR count). The van der Waals surface area contributed by atoms with Crippen molar-refractivity contribution in [2.75, 3.05) is 19.8 Å². The molecule has 0 atom stereocenters. The van der Waals surface area contributed by atoms with Crippen LogP contribution in [0.1, 0.15) is 64.9 Å². The van der Waals surface area contributed by atoms with E-state index in [0.29, 0.717) is 6.61 Å². The van der Waals surface area contributed by atoms with E-state index in [1.165, 1.54) is 37.7 Å². The summed E-state index contributed by atoms with van der Waals surface area (Å²) in [5, 5.41) is 3.51. The molecule has 0 aromatic heterocycles. The lowest BCUT2D eigenvalue weighted by molar-refractivity contribution is 0.276. The van der Waals surface area contributed by atoms with Crippen molar-refractivity contribution < 1.29 is 9.47 Å². The highest BCUT2D eigenvalue weighted by Crippen LogP contribution is 2.28. The van der Waals surface area contributed by atoms with Crippen molar-refractivity contribution in [1.29, 1.82) is 0 Å². The van der Waals surface area contributed by atoms with Crippen molar-refractivity contribution in [1.82, 2.24) is 5.32 Å². The van der Waals surface area contributed by atoms with E-state index in [1.54, 1.807) is 0 Å². The number of hydrogen-bond acceptors (Lipinski definition) is 3. The molecule has 0 fully saturated rings. The van der Waals surface area contributed by atoms with Gasteiger partial charge in [-0.3, -0.25) is 0 Å². The van der Waals surface area contributed by atoms with Crippen LogP contribution in [0.4, 0.5) is 0 Å². The van der Waals surface area contributed by atoms with E-state index in [1.807, 2.05) is 13.0 Å². The smallest absolute Gasteiger partial charge is 0.161 e. The van der Waals surface area contributed by atoms with Crippen molar-refractivity contribution in [2.45, 2.75) is 65.8 Å². The fraction of sp³-hybridized carbons (Fsp3) is 0.684. The summed E-state index contributed by atoms with van der Waals surface area (Å²) in [5.41, 5.74) is 1.25. The Morgan fingerprint density at radius 3 is 2.41 bits per heavy atom. The Bertz CT molecular complexity index is 393. The van der Waals surface area contributed by atoms with Gasteiger partial charge in [0.25, 0.3) is 0 Å². The molecular formula is C19H33NO2. The van der Waals surface area contributed by atoms with Gasteiger partial charge in [0.05, 0.1) is 13.2 Å². The number of unbranched alkanes of at least 4 members (excludes halogenated alkanes) is 4. The average molecular weight is 307 g/mol. The molecule has 0 aliphatic rings. The summed E-state index contributed by atoms with van der Waals surface area (Å²) in [7, 11) is 0. The van der Waals surface area contributed by atoms with E-state index in [-0.39, 0.29) is 0 Å². The van der Waals surface area contributed by atoms with Crippen molar-refractivity contribution in [2.24, 2.45) is 0 Å². The van der Waals surface area contributed by atoms with Gasteiger partial charge in [-0.2, -0.15) is 0 Å². The zero-order valence-corrected chi connectivity index (χ0v) is 14.6. The van der Waals surface area contributed by atoms with E-state index < -0.39 is 0 Å². The van der Waals surface area contributed by atoms with Gasteiger partial charge < -0.3 is 14.8 Å². The maximum absolute atomic E-state index is 5.73. The summed E-state index contributed by atoms with van der Waals surface area (Å²) in [5.74, 6) is 1.71. The molecule has 0 aliphatic carbocycles. The molecule has 3 nitrogen and oxygen atoms in total. The molecule has 22 heavy (non-hydrogen) atoms. The SMILES string of the molecule is CCCCCCCNCc1ccc(OCCC)c(OCC)c1. The fourth-order valence-corrected chi connectivity index (χ4v) is 2.35. The van der Waals surface area contributed by atoms with Crippen LogP contribution in [-0.4, -0.2) is 19.8 Å². The van der Waals surface area contributed by atoms with Crippen LogP contribution in [0.2, 0.25) is 0 Å². The molecule has 126 valence electrons.